The van der Waals surface area contributed by atoms with Crippen LogP contribution in [0.2, 0.25) is 5.02 Å². The molecule has 0 bridgehead atoms. The molecule has 0 radical (unpaired) electrons. The van der Waals surface area contributed by atoms with Crippen molar-refractivity contribution in [3.05, 3.63) is 23.5 Å². The molecule has 106 valence electrons. The number of aromatic nitrogens is 1. The zero-order valence-corrected chi connectivity index (χ0v) is 12.3. The van der Waals surface area contributed by atoms with Gasteiger partial charge in [0.25, 0.3) is 0 Å². The molecule has 1 N–H and O–H groups in total. The molecule has 1 aliphatic carbocycles. The lowest BCUT2D eigenvalue weighted by molar-refractivity contribution is 0.0333. The topological polar surface area (TPSA) is 70.5 Å². The van der Waals surface area contributed by atoms with E-state index in [0.29, 0.717) is 12.8 Å². The Labute approximate surface area is 118 Å². The van der Waals surface area contributed by atoms with Gasteiger partial charge in [-0.15, -0.1) is 0 Å². The fourth-order valence-corrected chi connectivity index (χ4v) is 4.06. The number of halogens is 1. The molecule has 1 fully saturated rings. The smallest absolute Gasteiger partial charge is 0.245 e. The quantitative estimate of drug-likeness (QED) is 0.918. The van der Waals surface area contributed by atoms with E-state index in [1.54, 1.807) is 0 Å². The van der Waals surface area contributed by atoms with Gasteiger partial charge < -0.3 is 5.11 Å². The molecule has 7 heteroatoms. The first kappa shape index (κ1) is 14.7. The number of sulfonamides is 1. The molecule has 5 nitrogen and oxygen atoms in total. The highest BCUT2D eigenvalue weighted by molar-refractivity contribution is 7.89. The number of rotatable bonds is 4. The molecule has 0 spiro atoms. The number of nitrogens with zero attached hydrogens (tertiary/aromatic N) is 2. The second-order valence-electron chi connectivity index (χ2n) is 5.00. The van der Waals surface area contributed by atoms with Gasteiger partial charge in [0.1, 0.15) is 4.90 Å². The van der Waals surface area contributed by atoms with Crippen LogP contribution in [0, 0.1) is 0 Å². The fraction of sp³-hybridized carbons (Fsp3) is 0.583. The number of pyridine rings is 1. The molecule has 0 aromatic carbocycles. The lowest BCUT2D eigenvalue weighted by Crippen LogP contribution is -2.42. The second-order valence-corrected chi connectivity index (χ2v) is 7.42. The van der Waals surface area contributed by atoms with Crippen molar-refractivity contribution >= 4 is 21.6 Å². The molecule has 2 rings (SSSR count). The van der Waals surface area contributed by atoms with Crippen molar-refractivity contribution in [3.63, 3.8) is 0 Å². The first-order chi connectivity index (χ1) is 8.85. The van der Waals surface area contributed by atoms with Crippen molar-refractivity contribution in [2.24, 2.45) is 0 Å². The van der Waals surface area contributed by atoms with Gasteiger partial charge in [-0.2, -0.15) is 4.31 Å². The van der Waals surface area contributed by atoms with E-state index in [1.807, 2.05) is 0 Å². The van der Waals surface area contributed by atoms with E-state index in [-0.39, 0.29) is 16.5 Å². The maximum atomic E-state index is 12.4. The van der Waals surface area contributed by atoms with Gasteiger partial charge in [-0.3, -0.25) is 4.98 Å². The predicted octanol–water partition coefficient (Wildman–Crippen LogP) is 1.66. The molecule has 0 unspecified atom stereocenters. The summed E-state index contributed by atoms with van der Waals surface area (Å²) in [7, 11) is -2.26. The van der Waals surface area contributed by atoms with E-state index in [4.69, 9.17) is 11.6 Å². The first-order valence-corrected chi connectivity index (χ1v) is 7.95. The van der Waals surface area contributed by atoms with Crippen molar-refractivity contribution in [1.82, 2.24) is 9.29 Å². The van der Waals surface area contributed by atoms with Gasteiger partial charge in [0.2, 0.25) is 10.0 Å². The molecule has 1 saturated carbocycles. The third-order valence-corrected chi connectivity index (χ3v) is 5.75. The summed E-state index contributed by atoms with van der Waals surface area (Å²) in [6, 6.07) is 1.44. The molecule has 19 heavy (non-hydrogen) atoms. The van der Waals surface area contributed by atoms with Crippen LogP contribution in [0.1, 0.15) is 25.7 Å². The molecule has 0 aliphatic heterocycles. The summed E-state index contributed by atoms with van der Waals surface area (Å²) in [6.07, 6.45) is 5.79. The number of likely N-dealkylation sites (N-methyl/N-ethyl adjacent to an activating group) is 1. The highest BCUT2D eigenvalue weighted by Gasteiger charge is 2.36. The summed E-state index contributed by atoms with van der Waals surface area (Å²) < 4.78 is 25.9. The van der Waals surface area contributed by atoms with E-state index in [9.17, 15) is 13.5 Å². The largest absolute Gasteiger partial charge is 0.389 e. The summed E-state index contributed by atoms with van der Waals surface area (Å²) in [6.45, 7) is 0.0839. The molecular formula is C12H17ClN2O3S. The van der Waals surface area contributed by atoms with E-state index >= 15 is 0 Å². The maximum Gasteiger partial charge on any atom is 0.245 e. The van der Waals surface area contributed by atoms with Crippen molar-refractivity contribution < 1.29 is 13.5 Å². The van der Waals surface area contributed by atoms with Gasteiger partial charge in [-0.25, -0.2) is 8.42 Å². The van der Waals surface area contributed by atoms with Crippen LogP contribution in [-0.4, -0.2) is 42.0 Å². The van der Waals surface area contributed by atoms with Crippen molar-refractivity contribution in [2.45, 2.75) is 36.2 Å². The van der Waals surface area contributed by atoms with Gasteiger partial charge in [0.15, 0.2) is 0 Å². The SMILES string of the molecule is CN(CC1(O)CCCC1)S(=O)(=O)c1cnccc1Cl. The lowest BCUT2D eigenvalue weighted by Gasteiger charge is -2.28. The molecule has 0 saturated heterocycles. The van der Waals surface area contributed by atoms with Crippen molar-refractivity contribution in [1.29, 1.82) is 0 Å². The van der Waals surface area contributed by atoms with Gasteiger partial charge >= 0.3 is 0 Å². The molecule has 1 aliphatic rings. The zero-order chi connectivity index (χ0) is 14.1. The Morgan fingerprint density at radius 3 is 2.68 bits per heavy atom. The average molecular weight is 305 g/mol. The Bertz CT molecular complexity index is 556. The lowest BCUT2D eigenvalue weighted by atomic mass is 10.0. The van der Waals surface area contributed by atoms with E-state index in [0.717, 1.165) is 17.1 Å². The Balaban J connectivity index is 2.22. The van der Waals surface area contributed by atoms with Crippen LogP contribution < -0.4 is 0 Å². The minimum Gasteiger partial charge on any atom is -0.389 e. The van der Waals surface area contributed by atoms with Gasteiger partial charge in [0.05, 0.1) is 10.6 Å². The van der Waals surface area contributed by atoms with Gasteiger partial charge in [-0.05, 0) is 18.9 Å². The first-order valence-electron chi connectivity index (χ1n) is 6.13. The molecule has 1 heterocycles. The number of aliphatic hydroxyl groups is 1. The van der Waals surface area contributed by atoms with Crippen LogP contribution in [0.4, 0.5) is 0 Å². The molecule has 0 atom stereocenters. The van der Waals surface area contributed by atoms with Crippen LogP contribution in [0.25, 0.3) is 0 Å². The van der Waals surface area contributed by atoms with Crippen LogP contribution in [0.5, 0.6) is 0 Å². The fourth-order valence-electron chi connectivity index (χ4n) is 2.41. The zero-order valence-electron chi connectivity index (χ0n) is 10.7. The van der Waals surface area contributed by atoms with E-state index < -0.39 is 15.6 Å². The molecule has 1 aromatic rings. The Morgan fingerprint density at radius 1 is 1.47 bits per heavy atom. The minimum absolute atomic E-state index is 0.0271. The minimum atomic E-state index is -3.72. The van der Waals surface area contributed by atoms with Crippen molar-refractivity contribution in [2.75, 3.05) is 13.6 Å². The highest BCUT2D eigenvalue weighted by atomic mass is 35.5. The number of hydrogen-bond donors (Lipinski definition) is 1. The van der Waals surface area contributed by atoms with Gasteiger partial charge in [0, 0.05) is 26.0 Å². The van der Waals surface area contributed by atoms with Gasteiger partial charge in [-0.1, -0.05) is 24.4 Å². The standard InChI is InChI=1S/C12H17ClN2O3S/c1-15(9-12(16)5-2-3-6-12)19(17,18)11-8-14-7-4-10(11)13/h4,7-8,16H,2-3,5-6,9H2,1H3. The summed E-state index contributed by atoms with van der Waals surface area (Å²) in [5, 5.41) is 10.4. The van der Waals surface area contributed by atoms with E-state index in [1.165, 1.54) is 25.5 Å². The Morgan fingerprint density at radius 2 is 2.11 bits per heavy atom. The maximum absolute atomic E-state index is 12.4. The summed E-state index contributed by atoms with van der Waals surface area (Å²) in [5.74, 6) is 0. The molecular weight excluding hydrogens is 288 g/mol. The second kappa shape index (κ2) is 5.36. The van der Waals surface area contributed by atoms with E-state index in [2.05, 4.69) is 4.98 Å². The van der Waals surface area contributed by atoms with Crippen LogP contribution in [0.15, 0.2) is 23.4 Å². The van der Waals surface area contributed by atoms with Crippen molar-refractivity contribution in [3.8, 4) is 0 Å². The summed E-state index contributed by atoms with van der Waals surface area (Å²) in [4.78, 5) is 3.76. The number of hydrogen-bond acceptors (Lipinski definition) is 4. The third kappa shape index (κ3) is 3.08. The Hall–Kier alpha value is -0.690. The third-order valence-electron chi connectivity index (χ3n) is 3.47. The molecule has 1 aromatic heterocycles. The predicted molar refractivity (Wildman–Crippen MR) is 72.5 cm³/mol. The Kier molecular flexibility index (Phi) is 4.15. The molecule has 0 amide bonds. The monoisotopic (exact) mass is 304 g/mol. The summed E-state index contributed by atoms with van der Waals surface area (Å²) in [5.41, 5.74) is -0.920. The normalized spacial score (nSPS) is 18.9. The highest BCUT2D eigenvalue weighted by Crippen LogP contribution is 2.32. The van der Waals surface area contributed by atoms with Crippen LogP contribution >= 0.6 is 11.6 Å². The summed E-state index contributed by atoms with van der Waals surface area (Å²) >= 11 is 5.90. The van der Waals surface area contributed by atoms with Crippen LogP contribution in [0.3, 0.4) is 0 Å². The van der Waals surface area contributed by atoms with Crippen LogP contribution in [-0.2, 0) is 10.0 Å². The average Bonchev–Trinajstić information content (AvgIpc) is 2.76.